The normalized spacial score (nSPS) is 16.3. The summed E-state index contributed by atoms with van der Waals surface area (Å²) in [5, 5.41) is 0. The van der Waals surface area contributed by atoms with Crippen LogP contribution >= 0.6 is 0 Å². The van der Waals surface area contributed by atoms with Crippen molar-refractivity contribution in [2.45, 2.75) is 32.1 Å². The fourth-order valence-corrected chi connectivity index (χ4v) is 2.66. The second-order valence-corrected chi connectivity index (χ2v) is 5.30. The summed E-state index contributed by atoms with van der Waals surface area (Å²) in [5.41, 5.74) is 0. The first-order valence-electron chi connectivity index (χ1n) is 7.49. The van der Waals surface area contributed by atoms with E-state index in [0.29, 0.717) is 0 Å². The van der Waals surface area contributed by atoms with E-state index in [4.69, 9.17) is 9.47 Å². The van der Waals surface area contributed by atoms with Crippen LogP contribution in [0.5, 0.6) is 11.5 Å². The molecule has 0 spiro atoms. The van der Waals surface area contributed by atoms with Gasteiger partial charge in [0.15, 0.2) is 0 Å². The molecule has 2 rings (SSSR count). The molecule has 3 heteroatoms. The first-order valence-corrected chi connectivity index (χ1v) is 7.49. The van der Waals surface area contributed by atoms with Crippen LogP contribution in [0.2, 0.25) is 0 Å². The highest BCUT2D eigenvalue weighted by Crippen LogP contribution is 2.18. The molecule has 0 unspecified atom stereocenters. The molecule has 1 aliphatic rings. The summed E-state index contributed by atoms with van der Waals surface area (Å²) in [4.78, 5) is 1.78. The molecule has 1 aromatic rings. The zero-order chi connectivity index (χ0) is 13.3. The summed E-state index contributed by atoms with van der Waals surface area (Å²) < 4.78 is 10.9. The van der Waals surface area contributed by atoms with E-state index in [1.165, 1.54) is 45.3 Å². The maximum Gasteiger partial charge on any atom is 0.122 e. The second kappa shape index (κ2) is 8.05. The van der Waals surface area contributed by atoms with Crippen LogP contribution in [0.15, 0.2) is 24.3 Å². The number of hydrogen-bond donors (Lipinski definition) is 1. The summed E-state index contributed by atoms with van der Waals surface area (Å²) in [6, 6.07) is 7.83. The molecule has 3 nitrogen and oxygen atoms in total. The lowest BCUT2D eigenvalue weighted by molar-refractivity contribution is -0.905. The Hall–Kier alpha value is -1.22. The van der Waals surface area contributed by atoms with Crippen LogP contribution in [0.3, 0.4) is 0 Å². The van der Waals surface area contributed by atoms with E-state index in [0.717, 1.165) is 24.5 Å². The standard InChI is InChI=1S/C16H25NO2/c1-18-15-8-7-9-16(14-15)19-13-6-5-12-17-10-3-2-4-11-17/h7-9,14H,2-6,10-13H2,1H3/p+1. The van der Waals surface area contributed by atoms with Crippen LogP contribution in [0.1, 0.15) is 32.1 Å². The van der Waals surface area contributed by atoms with Gasteiger partial charge in [0, 0.05) is 6.07 Å². The average Bonchev–Trinajstić information content (AvgIpc) is 2.48. The van der Waals surface area contributed by atoms with Gasteiger partial charge in [0.1, 0.15) is 11.5 Å². The Morgan fingerprint density at radius 3 is 2.63 bits per heavy atom. The number of nitrogens with one attached hydrogen (secondary N) is 1. The van der Waals surface area contributed by atoms with Crippen molar-refractivity contribution in [2.24, 2.45) is 0 Å². The average molecular weight is 264 g/mol. The van der Waals surface area contributed by atoms with Crippen LogP contribution < -0.4 is 14.4 Å². The molecule has 1 aliphatic heterocycles. The number of rotatable bonds is 7. The molecule has 19 heavy (non-hydrogen) atoms. The minimum atomic E-state index is 0.806. The topological polar surface area (TPSA) is 22.9 Å². The van der Waals surface area contributed by atoms with Crippen LogP contribution in [-0.4, -0.2) is 33.4 Å². The predicted molar refractivity (Wildman–Crippen MR) is 77.1 cm³/mol. The SMILES string of the molecule is COc1cccc(OCCCC[NH+]2CCCCC2)c1. The molecular formula is C16H26NO2+. The monoisotopic (exact) mass is 264 g/mol. The molecule has 0 aliphatic carbocycles. The number of unbranched alkanes of at least 4 members (excludes halogenated alkanes) is 1. The van der Waals surface area contributed by atoms with Crippen molar-refractivity contribution in [1.29, 1.82) is 0 Å². The van der Waals surface area contributed by atoms with Crippen LogP contribution in [0.4, 0.5) is 0 Å². The van der Waals surface area contributed by atoms with Gasteiger partial charge >= 0.3 is 0 Å². The van der Waals surface area contributed by atoms with Crippen LogP contribution in [0, 0.1) is 0 Å². The Morgan fingerprint density at radius 1 is 1.05 bits per heavy atom. The third-order valence-corrected chi connectivity index (χ3v) is 3.80. The molecule has 0 bridgehead atoms. The second-order valence-electron chi connectivity index (χ2n) is 5.30. The molecule has 0 atom stereocenters. The molecule has 106 valence electrons. The first kappa shape index (κ1) is 14.2. The van der Waals surface area contributed by atoms with Crippen molar-refractivity contribution in [2.75, 3.05) is 33.4 Å². The minimum absolute atomic E-state index is 0.806. The minimum Gasteiger partial charge on any atom is -0.497 e. The molecule has 0 radical (unpaired) electrons. The highest BCUT2D eigenvalue weighted by Gasteiger charge is 2.12. The number of piperidine rings is 1. The molecule has 0 saturated carbocycles. The smallest absolute Gasteiger partial charge is 0.122 e. The van der Waals surface area contributed by atoms with Gasteiger partial charge in [-0.3, -0.25) is 0 Å². The number of hydrogen-bond acceptors (Lipinski definition) is 2. The van der Waals surface area contributed by atoms with E-state index in [2.05, 4.69) is 0 Å². The predicted octanol–water partition coefficient (Wildman–Crippen LogP) is 1.92. The Balaban J connectivity index is 1.58. The molecule has 0 amide bonds. The number of likely N-dealkylation sites (tertiary alicyclic amines) is 1. The van der Waals surface area contributed by atoms with Gasteiger partial charge < -0.3 is 14.4 Å². The highest BCUT2D eigenvalue weighted by atomic mass is 16.5. The molecular weight excluding hydrogens is 238 g/mol. The van der Waals surface area contributed by atoms with Crippen molar-refractivity contribution in [1.82, 2.24) is 0 Å². The summed E-state index contributed by atoms with van der Waals surface area (Å²) in [5.74, 6) is 1.76. The lowest BCUT2D eigenvalue weighted by atomic mass is 10.1. The van der Waals surface area contributed by atoms with Crippen LogP contribution in [-0.2, 0) is 0 Å². The van der Waals surface area contributed by atoms with Gasteiger partial charge in [-0.05, 0) is 44.2 Å². The van der Waals surface area contributed by atoms with Crippen molar-refractivity contribution >= 4 is 0 Å². The number of quaternary nitrogens is 1. The third-order valence-electron chi connectivity index (χ3n) is 3.80. The molecule has 1 heterocycles. The van der Waals surface area contributed by atoms with Gasteiger partial charge in [-0.2, -0.15) is 0 Å². The fourth-order valence-electron chi connectivity index (χ4n) is 2.66. The quantitative estimate of drug-likeness (QED) is 0.760. The Kier molecular flexibility index (Phi) is 6.02. The third kappa shape index (κ3) is 5.11. The highest BCUT2D eigenvalue weighted by molar-refractivity contribution is 5.32. The number of benzene rings is 1. The number of methoxy groups -OCH3 is 1. The van der Waals surface area contributed by atoms with Gasteiger partial charge in [-0.15, -0.1) is 0 Å². The van der Waals surface area contributed by atoms with E-state index in [1.807, 2.05) is 24.3 Å². The Labute approximate surface area is 116 Å². The Bertz CT molecular complexity index is 362. The molecule has 1 fully saturated rings. The van der Waals surface area contributed by atoms with Gasteiger partial charge in [0.25, 0.3) is 0 Å². The summed E-state index contributed by atoms with van der Waals surface area (Å²) >= 11 is 0. The molecule has 1 saturated heterocycles. The zero-order valence-corrected chi connectivity index (χ0v) is 12.0. The summed E-state index contributed by atoms with van der Waals surface area (Å²) in [6.07, 6.45) is 6.66. The van der Waals surface area contributed by atoms with E-state index in [1.54, 1.807) is 12.0 Å². The maximum atomic E-state index is 5.75. The van der Waals surface area contributed by atoms with Gasteiger partial charge in [0.05, 0.1) is 33.4 Å². The number of ether oxygens (including phenoxy) is 2. The fraction of sp³-hybridized carbons (Fsp3) is 0.625. The van der Waals surface area contributed by atoms with Crippen molar-refractivity contribution in [3.8, 4) is 11.5 Å². The zero-order valence-electron chi connectivity index (χ0n) is 12.0. The van der Waals surface area contributed by atoms with Crippen molar-refractivity contribution in [3.63, 3.8) is 0 Å². The first-order chi connectivity index (χ1) is 9.38. The summed E-state index contributed by atoms with van der Waals surface area (Å²) in [7, 11) is 1.68. The van der Waals surface area contributed by atoms with E-state index in [-0.39, 0.29) is 0 Å². The van der Waals surface area contributed by atoms with Crippen molar-refractivity contribution < 1.29 is 14.4 Å². The maximum absolute atomic E-state index is 5.75. The van der Waals surface area contributed by atoms with Crippen molar-refractivity contribution in [3.05, 3.63) is 24.3 Å². The van der Waals surface area contributed by atoms with E-state index < -0.39 is 0 Å². The Morgan fingerprint density at radius 2 is 1.84 bits per heavy atom. The van der Waals surface area contributed by atoms with Gasteiger partial charge in [0.2, 0.25) is 0 Å². The largest absolute Gasteiger partial charge is 0.497 e. The van der Waals surface area contributed by atoms with Crippen LogP contribution in [0.25, 0.3) is 0 Å². The molecule has 1 aromatic carbocycles. The molecule has 1 N–H and O–H groups in total. The summed E-state index contributed by atoms with van der Waals surface area (Å²) in [6.45, 7) is 4.86. The van der Waals surface area contributed by atoms with Gasteiger partial charge in [-0.25, -0.2) is 0 Å². The van der Waals surface area contributed by atoms with E-state index >= 15 is 0 Å². The molecule has 0 aromatic heterocycles. The lowest BCUT2D eigenvalue weighted by Crippen LogP contribution is -3.12. The van der Waals surface area contributed by atoms with Gasteiger partial charge in [-0.1, -0.05) is 6.07 Å². The van der Waals surface area contributed by atoms with E-state index in [9.17, 15) is 0 Å². The lowest BCUT2D eigenvalue weighted by Gasteiger charge is -2.23.